The molecule has 0 aliphatic heterocycles. The van der Waals surface area contributed by atoms with E-state index in [9.17, 15) is 10.2 Å². The lowest BCUT2D eigenvalue weighted by Crippen LogP contribution is -2.09. The van der Waals surface area contributed by atoms with Gasteiger partial charge < -0.3 is 59.9 Å². The normalized spacial score (nSPS) is 11.4. The molecule has 9 rings (SSSR count). The van der Waals surface area contributed by atoms with Crippen molar-refractivity contribution in [3.63, 3.8) is 0 Å². The van der Waals surface area contributed by atoms with E-state index in [0.29, 0.717) is 98.4 Å². The quantitative estimate of drug-likeness (QED) is 0.0612. The van der Waals surface area contributed by atoms with Crippen LogP contribution in [0.1, 0.15) is 5.56 Å². The van der Waals surface area contributed by atoms with Crippen LogP contribution in [-0.2, 0) is 17.9 Å². The molecule has 4 heterocycles. The third-order valence-corrected chi connectivity index (χ3v) is 10.8. The number of aromatic nitrogens is 6. The highest BCUT2D eigenvalue weighted by Gasteiger charge is 2.28. The van der Waals surface area contributed by atoms with Gasteiger partial charge >= 0.3 is 0 Å². The summed E-state index contributed by atoms with van der Waals surface area (Å²) >= 11 is 0. The lowest BCUT2D eigenvalue weighted by Gasteiger charge is -2.14. The van der Waals surface area contributed by atoms with E-state index in [1.165, 1.54) is 0 Å². The van der Waals surface area contributed by atoms with E-state index < -0.39 is 0 Å². The van der Waals surface area contributed by atoms with Crippen LogP contribution in [0.2, 0.25) is 0 Å². The number of aromatic hydroxyl groups is 2. The highest BCUT2D eigenvalue weighted by Crippen LogP contribution is 2.48. The van der Waals surface area contributed by atoms with Crippen molar-refractivity contribution in [2.24, 2.45) is 0 Å². The fraction of sp³-hybridized carbons (Fsp3) is 0.149. The third-order valence-electron chi connectivity index (χ3n) is 10.8. The Labute approximate surface area is 355 Å². The zero-order valence-electron chi connectivity index (χ0n) is 34.4. The minimum absolute atomic E-state index is 0.0431. The van der Waals surface area contributed by atoms with E-state index in [-0.39, 0.29) is 23.9 Å². The number of benzene rings is 5. The lowest BCUT2D eigenvalue weighted by atomic mass is 10.1. The SMILES string of the molecule is COCCn1c(N)c(-c2nc3ccccc3[nH]2)c(O)c1-c1cc(OC)cc(OCc2ccc3nc(-c4c(O)c(-c5ccccc5)n(-c5cc(OC)cc(OC)c5)c4N)[nH]c3c2)c1. The van der Waals surface area contributed by atoms with Gasteiger partial charge in [0.05, 0.1) is 67.1 Å². The molecule has 9 aromatic rings. The second-order valence-corrected chi connectivity index (χ2v) is 14.6. The predicted octanol–water partition coefficient (Wildman–Crippen LogP) is 8.53. The van der Waals surface area contributed by atoms with Crippen LogP contribution in [0.25, 0.3) is 73.0 Å². The number of nitrogens with two attached hydrogens (primary N) is 2. The molecule has 314 valence electrons. The van der Waals surface area contributed by atoms with E-state index in [4.69, 9.17) is 45.1 Å². The number of rotatable bonds is 14. The molecule has 0 amide bonds. The van der Waals surface area contributed by atoms with Crippen molar-refractivity contribution in [3.05, 3.63) is 115 Å². The van der Waals surface area contributed by atoms with E-state index in [0.717, 1.165) is 22.2 Å². The van der Waals surface area contributed by atoms with Crippen LogP contribution in [-0.4, -0.2) is 74.3 Å². The Morgan fingerprint density at radius 3 is 1.89 bits per heavy atom. The summed E-state index contributed by atoms with van der Waals surface area (Å²) in [7, 11) is 6.33. The van der Waals surface area contributed by atoms with Crippen molar-refractivity contribution < 1.29 is 33.9 Å². The standard InChI is InChI=1S/C47H44N8O7/c1-58-17-16-54-40(42(56)38(44(54)48)46-50-34-12-8-9-13-35(34)51-46)28-19-30(59-2)24-33(20-28)62-25-26-14-15-36-37(18-26)53-47(52-36)39-43(57)41(27-10-6-5-7-11-27)55(45(39)49)29-21-31(60-3)23-32(22-29)61-4/h5-15,18-24,56-57H,16-17,25,48-49H2,1-4H3,(H,50,51)(H,52,53). The molecule has 15 heteroatoms. The van der Waals surface area contributed by atoms with E-state index >= 15 is 0 Å². The number of H-pyrrole nitrogens is 2. The molecule has 0 bridgehead atoms. The molecule has 0 radical (unpaired) electrons. The molecular formula is C47H44N8O7. The van der Waals surface area contributed by atoms with Gasteiger partial charge in [-0.3, -0.25) is 4.57 Å². The summed E-state index contributed by atoms with van der Waals surface area (Å²) < 4.78 is 32.2. The Hall–Kier alpha value is -8.04. The summed E-state index contributed by atoms with van der Waals surface area (Å²) in [5.74, 6) is 3.46. The Morgan fingerprint density at radius 2 is 1.19 bits per heavy atom. The van der Waals surface area contributed by atoms with Crippen molar-refractivity contribution in [2.75, 3.05) is 46.5 Å². The molecule has 4 aromatic heterocycles. The Kier molecular flexibility index (Phi) is 10.3. The maximum absolute atomic E-state index is 11.9. The molecule has 5 aromatic carbocycles. The number of imidazole rings is 2. The molecule has 0 fully saturated rings. The number of methoxy groups -OCH3 is 4. The van der Waals surface area contributed by atoms with Gasteiger partial charge in [-0.25, -0.2) is 9.97 Å². The molecular weight excluding hydrogens is 789 g/mol. The van der Waals surface area contributed by atoms with Gasteiger partial charge in [0.25, 0.3) is 0 Å². The number of nitrogen functional groups attached to an aromatic ring is 2. The molecule has 0 saturated heterocycles. The first-order valence-corrected chi connectivity index (χ1v) is 19.7. The van der Waals surface area contributed by atoms with Crippen molar-refractivity contribution in [3.8, 4) is 85.5 Å². The van der Waals surface area contributed by atoms with E-state index in [1.807, 2.05) is 97.1 Å². The number of hydrogen-bond acceptors (Lipinski definition) is 11. The summed E-state index contributed by atoms with van der Waals surface area (Å²) in [5.41, 5.74) is 21.1. The van der Waals surface area contributed by atoms with Crippen LogP contribution in [0.5, 0.6) is 34.5 Å². The van der Waals surface area contributed by atoms with Crippen LogP contribution < -0.4 is 30.4 Å². The maximum atomic E-state index is 11.9. The number of ether oxygens (including phenoxy) is 5. The lowest BCUT2D eigenvalue weighted by molar-refractivity contribution is 0.188. The Balaban J connectivity index is 1.05. The second kappa shape index (κ2) is 16.2. The van der Waals surface area contributed by atoms with Crippen molar-refractivity contribution >= 4 is 33.7 Å². The molecule has 0 unspecified atom stereocenters. The van der Waals surface area contributed by atoms with Gasteiger partial charge in [0.2, 0.25) is 0 Å². The number of aromatic amines is 2. The van der Waals surface area contributed by atoms with Gasteiger partial charge in [0, 0.05) is 49.0 Å². The minimum atomic E-state index is -0.0437. The van der Waals surface area contributed by atoms with Crippen LogP contribution >= 0.6 is 0 Å². The summed E-state index contributed by atoms with van der Waals surface area (Å²) in [4.78, 5) is 16.2. The van der Waals surface area contributed by atoms with Gasteiger partial charge in [0.15, 0.2) is 11.5 Å². The van der Waals surface area contributed by atoms with Crippen LogP contribution in [0, 0.1) is 0 Å². The zero-order chi connectivity index (χ0) is 43.1. The first-order valence-electron chi connectivity index (χ1n) is 19.7. The smallest absolute Gasteiger partial charge is 0.154 e. The molecule has 0 spiro atoms. The van der Waals surface area contributed by atoms with Gasteiger partial charge in [-0.05, 0) is 42.0 Å². The fourth-order valence-corrected chi connectivity index (χ4v) is 7.84. The van der Waals surface area contributed by atoms with Crippen LogP contribution in [0.15, 0.2) is 109 Å². The predicted molar refractivity (Wildman–Crippen MR) is 239 cm³/mol. The molecule has 62 heavy (non-hydrogen) atoms. The number of fused-ring (bicyclic) bond motifs is 2. The van der Waals surface area contributed by atoms with E-state index in [2.05, 4.69) is 9.97 Å². The molecule has 8 N–H and O–H groups in total. The summed E-state index contributed by atoms with van der Waals surface area (Å²) in [6, 6.07) is 33.7. The monoisotopic (exact) mass is 832 g/mol. The van der Waals surface area contributed by atoms with Crippen LogP contribution in [0.3, 0.4) is 0 Å². The number of nitrogens with zero attached hydrogens (tertiary/aromatic N) is 4. The highest BCUT2D eigenvalue weighted by atomic mass is 16.5. The first kappa shape index (κ1) is 39.4. The average Bonchev–Trinajstić information content (AvgIpc) is 4.04. The number of nitrogens with one attached hydrogen (secondary N) is 2. The fourth-order valence-electron chi connectivity index (χ4n) is 7.84. The maximum Gasteiger partial charge on any atom is 0.154 e. The summed E-state index contributed by atoms with van der Waals surface area (Å²) in [6.45, 7) is 0.891. The minimum Gasteiger partial charge on any atom is -0.505 e. The highest BCUT2D eigenvalue weighted by molar-refractivity contribution is 5.93. The molecule has 0 atom stereocenters. The van der Waals surface area contributed by atoms with Gasteiger partial charge in [0.1, 0.15) is 64.0 Å². The first-order chi connectivity index (χ1) is 30.2. The third kappa shape index (κ3) is 6.99. The van der Waals surface area contributed by atoms with Crippen molar-refractivity contribution in [1.82, 2.24) is 29.1 Å². The van der Waals surface area contributed by atoms with Crippen molar-refractivity contribution in [1.29, 1.82) is 0 Å². The molecule has 0 aliphatic carbocycles. The van der Waals surface area contributed by atoms with Gasteiger partial charge in [-0.2, -0.15) is 0 Å². The van der Waals surface area contributed by atoms with Crippen LogP contribution in [0.4, 0.5) is 11.6 Å². The van der Waals surface area contributed by atoms with Gasteiger partial charge in [-0.15, -0.1) is 0 Å². The average molecular weight is 833 g/mol. The number of hydrogen-bond donors (Lipinski definition) is 6. The Morgan fingerprint density at radius 1 is 0.597 bits per heavy atom. The molecule has 15 nitrogen and oxygen atoms in total. The number of anilines is 2. The second-order valence-electron chi connectivity index (χ2n) is 14.6. The topological polar surface area (TPSA) is 206 Å². The van der Waals surface area contributed by atoms with E-state index in [1.54, 1.807) is 49.7 Å². The summed E-state index contributed by atoms with van der Waals surface area (Å²) in [5, 5.41) is 23.8. The zero-order valence-corrected chi connectivity index (χ0v) is 34.4. The van der Waals surface area contributed by atoms with Crippen molar-refractivity contribution in [2.45, 2.75) is 13.2 Å². The molecule has 0 aliphatic rings. The largest absolute Gasteiger partial charge is 0.505 e. The summed E-state index contributed by atoms with van der Waals surface area (Å²) in [6.07, 6.45) is 0. The molecule has 0 saturated carbocycles. The Bertz CT molecular complexity index is 3040. The van der Waals surface area contributed by atoms with Gasteiger partial charge in [-0.1, -0.05) is 48.5 Å². The number of para-hydroxylation sites is 2.